The van der Waals surface area contributed by atoms with Crippen molar-refractivity contribution in [2.24, 2.45) is 0 Å². The Morgan fingerprint density at radius 2 is 1.71 bits per heavy atom. The minimum atomic E-state index is -4.54. The van der Waals surface area contributed by atoms with Crippen LogP contribution in [0.4, 0.5) is 13.2 Å². The number of carboxylic acids is 1. The molecule has 0 aliphatic heterocycles. The van der Waals surface area contributed by atoms with Gasteiger partial charge in [0.1, 0.15) is 5.76 Å². The number of aromatic nitrogens is 1. The van der Waals surface area contributed by atoms with Crippen LogP contribution in [0.2, 0.25) is 0 Å². The molecular weight excluding hydrogens is 549 g/mol. The molecule has 0 aliphatic rings. The van der Waals surface area contributed by atoms with Crippen LogP contribution in [0.25, 0.3) is 21.9 Å². The Bertz CT molecular complexity index is 1670. The number of nitrogens with zero attached hydrogens (tertiary/aromatic N) is 2. The lowest BCUT2D eigenvalue weighted by Gasteiger charge is -2.24. The Morgan fingerprint density at radius 1 is 0.927 bits per heavy atom. The standard InChI is InChI=1S/C32H27F3N2O3S/c1-21-6-9-24-4-2-3-5-28(24)29(21)19-37(18-26-12-13-30(40-26)32(33,34)35)17-22-7-10-23(11-8-22)25-14-27(16-36-15-25)41-20-31(38)39/h2-16H,17-20H2,1H3,(H,38,39). The van der Waals surface area contributed by atoms with Gasteiger partial charge >= 0.3 is 12.1 Å². The van der Waals surface area contributed by atoms with Crippen molar-refractivity contribution in [1.29, 1.82) is 0 Å². The summed E-state index contributed by atoms with van der Waals surface area (Å²) >= 11 is 1.21. The van der Waals surface area contributed by atoms with Gasteiger partial charge in [0.05, 0.1) is 12.3 Å². The number of alkyl halides is 3. The van der Waals surface area contributed by atoms with Gasteiger partial charge in [-0.1, -0.05) is 60.7 Å². The predicted molar refractivity (Wildman–Crippen MR) is 153 cm³/mol. The molecule has 2 aromatic heterocycles. The monoisotopic (exact) mass is 576 g/mol. The maximum Gasteiger partial charge on any atom is 0.449 e. The molecule has 0 atom stereocenters. The molecule has 1 N–H and O–H groups in total. The molecule has 5 aromatic rings. The Labute approximate surface area is 239 Å². The van der Waals surface area contributed by atoms with E-state index >= 15 is 0 Å². The van der Waals surface area contributed by atoms with Crippen LogP contribution >= 0.6 is 11.8 Å². The Hall–Kier alpha value is -4.08. The van der Waals surface area contributed by atoms with Crippen molar-refractivity contribution in [2.75, 3.05) is 5.75 Å². The van der Waals surface area contributed by atoms with Crippen LogP contribution in [-0.4, -0.2) is 26.7 Å². The fourth-order valence-electron chi connectivity index (χ4n) is 4.74. The number of hydrogen-bond acceptors (Lipinski definition) is 5. The molecule has 5 rings (SSSR count). The topological polar surface area (TPSA) is 66.6 Å². The van der Waals surface area contributed by atoms with E-state index in [-0.39, 0.29) is 18.1 Å². The second-order valence-corrected chi connectivity index (χ2v) is 10.8. The third-order valence-electron chi connectivity index (χ3n) is 6.75. The van der Waals surface area contributed by atoms with Crippen molar-refractivity contribution in [3.63, 3.8) is 0 Å². The Balaban J connectivity index is 1.40. The summed E-state index contributed by atoms with van der Waals surface area (Å²) in [5.74, 6) is -1.70. The van der Waals surface area contributed by atoms with E-state index in [4.69, 9.17) is 9.52 Å². The van der Waals surface area contributed by atoms with Crippen molar-refractivity contribution in [2.45, 2.75) is 37.6 Å². The molecule has 0 aliphatic carbocycles. The highest BCUT2D eigenvalue weighted by molar-refractivity contribution is 8.00. The summed E-state index contributed by atoms with van der Waals surface area (Å²) in [5.41, 5.74) is 5.00. The van der Waals surface area contributed by atoms with Gasteiger partial charge in [-0.2, -0.15) is 13.2 Å². The van der Waals surface area contributed by atoms with Crippen molar-refractivity contribution in [3.8, 4) is 11.1 Å². The molecule has 41 heavy (non-hydrogen) atoms. The van der Waals surface area contributed by atoms with E-state index in [1.807, 2.05) is 55.5 Å². The number of rotatable bonds is 10. The van der Waals surface area contributed by atoms with Crippen LogP contribution in [-0.2, 0) is 30.6 Å². The summed E-state index contributed by atoms with van der Waals surface area (Å²) < 4.78 is 44.8. The maximum absolute atomic E-state index is 13.2. The lowest BCUT2D eigenvalue weighted by atomic mass is 9.99. The van der Waals surface area contributed by atoms with Gasteiger partial charge < -0.3 is 9.52 Å². The number of benzene rings is 3. The third kappa shape index (κ3) is 7.17. The number of furan rings is 1. The summed E-state index contributed by atoms with van der Waals surface area (Å²) in [6.45, 7) is 3.25. The quantitative estimate of drug-likeness (QED) is 0.169. The highest BCUT2D eigenvalue weighted by atomic mass is 32.2. The summed E-state index contributed by atoms with van der Waals surface area (Å²) in [6.07, 6.45) is -1.18. The number of hydrogen-bond donors (Lipinski definition) is 1. The molecule has 5 nitrogen and oxygen atoms in total. The number of halogens is 3. The van der Waals surface area contributed by atoms with Crippen LogP contribution in [0.1, 0.15) is 28.2 Å². The van der Waals surface area contributed by atoms with Crippen molar-refractivity contribution in [1.82, 2.24) is 9.88 Å². The minimum absolute atomic E-state index is 0.0454. The normalized spacial score (nSPS) is 11.8. The molecule has 0 bridgehead atoms. The number of aryl methyl sites for hydroxylation is 1. The zero-order chi connectivity index (χ0) is 29.0. The third-order valence-corrected chi connectivity index (χ3v) is 7.69. The number of carboxylic acid groups (broad SMARTS) is 1. The zero-order valence-corrected chi connectivity index (χ0v) is 23.0. The molecular formula is C32H27F3N2O3S. The first-order valence-electron chi connectivity index (χ1n) is 12.9. The Morgan fingerprint density at radius 3 is 2.44 bits per heavy atom. The lowest BCUT2D eigenvalue weighted by molar-refractivity contribution is -0.153. The number of thioether (sulfide) groups is 1. The van der Waals surface area contributed by atoms with Crippen LogP contribution in [0, 0.1) is 6.92 Å². The highest BCUT2D eigenvalue weighted by Gasteiger charge is 2.34. The van der Waals surface area contributed by atoms with Crippen LogP contribution in [0.5, 0.6) is 0 Å². The smallest absolute Gasteiger partial charge is 0.449 e. The predicted octanol–water partition coefficient (Wildman–Crippen LogP) is 8.20. The van der Waals surface area contributed by atoms with E-state index in [2.05, 4.69) is 28.1 Å². The average Bonchev–Trinajstić information content (AvgIpc) is 3.43. The number of carbonyl (C=O) groups is 1. The van der Waals surface area contributed by atoms with E-state index in [0.717, 1.165) is 49.6 Å². The second kappa shape index (κ2) is 12.2. The summed E-state index contributed by atoms with van der Waals surface area (Å²) in [7, 11) is 0. The molecule has 3 aromatic carbocycles. The van der Waals surface area contributed by atoms with Gasteiger partial charge in [0, 0.05) is 35.9 Å². The zero-order valence-electron chi connectivity index (χ0n) is 22.2. The van der Waals surface area contributed by atoms with Crippen molar-refractivity contribution < 1.29 is 27.5 Å². The first-order valence-corrected chi connectivity index (χ1v) is 13.9. The molecule has 0 spiro atoms. The first-order chi connectivity index (χ1) is 19.7. The van der Waals surface area contributed by atoms with Gasteiger partial charge in [-0.25, -0.2) is 0 Å². The van der Waals surface area contributed by atoms with Crippen LogP contribution < -0.4 is 0 Å². The van der Waals surface area contributed by atoms with E-state index in [1.54, 1.807) is 12.4 Å². The minimum Gasteiger partial charge on any atom is -0.481 e. The molecule has 0 saturated carbocycles. The fraction of sp³-hybridized carbons (Fsp3) is 0.188. The molecule has 0 radical (unpaired) electrons. The van der Waals surface area contributed by atoms with Gasteiger partial charge in [0.15, 0.2) is 0 Å². The van der Waals surface area contributed by atoms with Gasteiger partial charge in [-0.3, -0.25) is 14.7 Å². The maximum atomic E-state index is 13.2. The average molecular weight is 577 g/mol. The summed E-state index contributed by atoms with van der Waals surface area (Å²) in [5, 5.41) is 11.2. The van der Waals surface area contributed by atoms with Crippen LogP contribution in [0.3, 0.4) is 0 Å². The Kier molecular flexibility index (Phi) is 8.46. The van der Waals surface area contributed by atoms with Crippen molar-refractivity contribution >= 4 is 28.5 Å². The molecule has 0 saturated heterocycles. The van der Waals surface area contributed by atoms with Crippen LogP contribution in [0.15, 0.2) is 101 Å². The first kappa shape index (κ1) is 28.4. The molecule has 0 amide bonds. The summed E-state index contributed by atoms with van der Waals surface area (Å²) in [4.78, 5) is 18.0. The van der Waals surface area contributed by atoms with E-state index in [1.165, 1.54) is 17.8 Å². The number of pyridine rings is 1. The van der Waals surface area contributed by atoms with E-state index in [9.17, 15) is 18.0 Å². The van der Waals surface area contributed by atoms with E-state index < -0.39 is 17.9 Å². The highest BCUT2D eigenvalue weighted by Crippen LogP contribution is 2.32. The molecule has 0 unspecified atom stereocenters. The van der Waals surface area contributed by atoms with Gasteiger partial charge in [-0.15, -0.1) is 11.8 Å². The fourth-order valence-corrected chi connectivity index (χ4v) is 5.38. The summed E-state index contributed by atoms with van der Waals surface area (Å²) in [6, 6.07) is 24.4. The number of aliphatic carboxylic acids is 1. The van der Waals surface area contributed by atoms with Gasteiger partial charge in [0.25, 0.3) is 0 Å². The van der Waals surface area contributed by atoms with Gasteiger partial charge in [0.2, 0.25) is 5.76 Å². The van der Waals surface area contributed by atoms with Crippen molar-refractivity contribution in [3.05, 3.63) is 119 Å². The number of fused-ring (bicyclic) bond motifs is 1. The lowest BCUT2D eigenvalue weighted by Crippen LogP contribution is -2.23. The molecule has 0 fully saturated rings. The molecule has 210 valence electrons. The van der Waals surface area contributed by atoms with E-state index in [0.29, 0.717) is 13.1 Å². The van der Waals surface area contributed by atoms with Gasteiger partial charge in [-0.05, 0) is 58.1 Å². The largest absolute Gasteiger partial charge is 0.481 e. The molecule has 2 heterocycles. The second-order valence-electron chi connectivity index (χ2n) is 9.78. The SMILES string of the molecule is Cc1ccc2ccccc2c1CN(Cc1ccc(-c2cncc(SCC(=O)O)c2)cc1)Cc1ccc(C(F)(F)F)o1. The molecule has 9 heteroatoms.